The number of nitrogens with zero attached hydrogens (tertiary/aromatic N) is 5. The van der Waals surface area contributed by atoms with Crippen molar-refractivity contribution in [2.24, 2.45) is 0 Å². The fourth-order valence-electron chi connectivity index (χ4n) is 3.73. The molecule has 3 N–H and O–H groups in total. The van der Waals surface area contributed by atoms with E-state index in [-0.39, 0.29) is 5.91 Å². The van der Waals surface area contributed by atoms with Crippen LogP contribution in [0.4, 0.5) is 11.5 Å². The Morgan fingerprint density at radius 3 is 2.90 bits per heavy atom. The Labute approximate surface area is 199 Å². The average molecular weight is 551 g/mol. The van der Waals surface area contributed by atoms with E-state index in [1.165, 1.54) is 11.9 Å². The molecule has 10 heteroatoms. The number of aryl methyl sites for hydroxylation is 1. The van der Waals surface area contributed by atoms with Crippen molar-refractivity contribution in [3.8, 4) is 0 Å². The third kappa shape index (κ3) is 4.65. The van der Waals surface area contributed by atoms with Crippen LogP contribution in [0.3, 0.4) is 0 Å². The molecule has 164 valence electrons. The standard InChI is InChI=1S/C21H26IN7OS/c1-12(2)24-6-4-7-29-20-18(19(23)25-11-26-20)27-21(29)31-17-10-16-14(9-15(17)22)5-8-28(16)13(3)30/h9-12,24H,4-8H2,1-3H3,(H2,23,25,26). The van der Waals surface area contributed by atoms with Crippen LogP contribution in [0.2, 0.25) is 0 Å². The van der Waals surface area contributed by atoms with E-state index in [1.54, 1.807) is 18.7 Å². The maximum atomic E-state index is 12.0. The highest BCUT2D eigenvalue weighted by molar-refractivity contribution is 14.1. The summed E-state index contributed by atoms with van der Waals surface area (Å²) in [6.45, 7) is 8.32. The summed E-state index contributed by atoms with van der Waals surface area (Å²) in [7, 11) is 0. The smallest absolute Gasteiger partial charge is 0.223 e. The first-order chi connectivity index (χ1) is 14.8. The highest BCUT2D eigenvalue weighted by atomic mass is 127. The molecule has 1 amide bonds. The SMILES string of the molecule is CC(=O)N1CCc2cc(I)c(Sc3nc4c(N)ncnc4n3CCCNC(C)C)cc21. The lowest BCUT2D eigenvalue weighted by Crippen LogP contribution is -2.25. The van der Waals surface area contributed by atoms with E-state index < -0.39 is 0 Å². The van der Waals surface area contributed by atoms with E-state index in [0.717, 1.165) is 57.4 Å². The predicted octanol–water partition coefficient (Wildman–Crippen LogP) is 3.46. The number of carbonyl (C=O) groups is 1. The molecule has 1 aromatic carbocycles. The van der Waals surface area contributed by atoms with Crippen LogP contribution in [0, 0.1) is 3.57 Å². The number of imidazole rings is 1. The molecule has 0 spiro atoms. The van der Waals surface area contributed by atoms with Crippen LogP contribution in [0.1, 0.15) is 32.8 Å². The van der Waals surface area contributed by atoms with Crippen molar-refractivity contribution in [1.29, 1.82) is 0 Å². The van der Waals surface area contributed by atoms with E-state index in [9.17, 15) is 4.79 Å². The minimum atomic E-state index is 0.0730. The number of nitrogen functional groups attached to an aromatic ring is 1. The van der Waals surface area contributed by atoms with Crippen molar-refractivity contribution in [2.75, 3.05) is 23.7 Å². The van der Waals surface area contributed by atoms with E-state index in [4.69, 9.17) is 10.7 Å². The number of aromatic nitrogens is 4. The second-order valence-corrected chi connectivity index (χ2v) is 10.0. The maximum Gasteiger partial charge on any atom is 0.223 e. The number of nitrogens with one attached hydrogen (secondary N) is 1. The lowest BCUT2D eigenvalue weighted by Gasteiger charge is -2.16. The number of fused-ring (bicyclic) bond motifs is 2. The Kier molecular flexibility index (Phi) is 6.68. The Bertz CT molecular complexity index is 1130. The zero-order chi connectivity index (χ0) is 22.1. The molecule has 0 saturated heterocycles. The fourth-order valence-corrected chi connectivity index (χ4v) is 5.54. The number of rotatable bonds is 7. The summed E-state index contributed by atoms with van der Waals surface area (Å²) in [5.74, 6) is 0.459. The van der Waals surface area contributed by atoms with Gasteiger partial charge >= 0.3 is 0 Å². The number of hydrogen-bond acceptors (Lipinski definition) is 7. The molecule has 0 atom stereocenters. The minimum absolute atomic E-state index is 0.0730. The summed E-state index contributed by atoms with van der Waals surface area (Å²) >= 11 is 3.94. The van der Waals surface area contributed by atoms with Crippen LogP contribution in [0.25, 0.3) is 11.2 Å². The number of benzene rings is 1. The molecule has 1 aliphatic heterocycles. The van der Waals surface area contributed by atoms with Crippen molar-refractivity contribution in [1.82, 2.24) is 24.8 Å². The molecule has 0 saturated carbocycles. The van der Waals surface area contributed by atoms with Gasteiger partial charge in [0.25, 0.3) is 0 Å². The molecule has 8 nitrogen and oxygen atoms in total. The van der Waals surface area contributed by atoms with Crippen molar-refractivity contribution in [3.05, 3.63) is 27.6 Å². The van der Waals surface area contributed by atoms with E-state index in [1.807, 2.05) is 4.90 Å². The largest absolute Gasteiger partial charge is 0.382 e. The molecule has 31 heavy (non-hydrogen) atoms. The molecule has 3 aromatic rings. The van der Waals surface area contributed by atoms with Crippen LogP contribution >= 0.6 is 34.4 Å². The van der Waals surface area contributed by atoms with Gasteiger partial charge in [-0.25, -0.2) is 15.0 Å². The molecular weight excluding hydrogens is 525 g/mol. The van der Waals surface area contributed by atoms with Gasteiger partial charge in [-0.15, -0.1) is 0 Å². The minimum Gasteiger partial charge on any atom is -0.382 e. The summed E-state index contributed by atoms with van der Waals surface area (Å²) < 4.78 is 3.26. The second kappa shape index (κ2) is 9.29. The zero-order valence-electron chi connectivity index (χ0n) is 17.9. The van der Waals surface area contributed by atoms with Crippen LogP contribution in [-0.2, 0) is 17.8 Å². The number of halogens is 1. The number of amides is 1. The first-order valence-electron chi connectivity index (χ1n) is 10.3. The Morgan fingerprint density at radius 1 is 1.35 bits per heavy atom. The van der Waals surface area contributed by atoms with Gasteiger partial charge in [0.05, 0.1) is 0 Å². The first kappa shape index (κ1) is 22.3. The number of hydrogen-bond donors (Lipinski definition) is 2. The van der Waals surface area contributed by atoms with Gasteiger partial charge in [0.15, 0.2) is 22.1 Å². The molecular formula is C21H26IN7OS. The summed E-state index contributed by atoms with van der Waals surface area (Å²) in [6, 6.07) is 4.73. The molecule has 3 heterocycles. The van der Waals surface area contributed by atoms with Crippen LogP contribution in [0.5, 0.6) is 0 Å². The van der Waals surface area contributed by atoms with Gasteiger partial charge in [0, 0.05) is 40.2 Å². The number of anilines is 2. The van der Waals surface area contributed by atoms with Gasteiger partial charge in [-0.1, -0.05) is 25.6 Å². The summed E-state index contributed by atoms with van der Waals surface area (Å²) in [5.41, 5.74) is 9.68. The first-order valence-corrected chi connectivity index (χ1v) is 12.2. The van der Waals surface area contributed by atoms with E-state index in [0.29, 0.717) is 17.4 Å². The van der Waals surface area contributed by atoms with Crippen LogP contribution in [0.15, 0.2) is 28.5 Å². The molecule has 1 aliphatic rings. The van der Waals surface area contributed by atoms with Crippen molar-refractivity contribution >= 4 is 62.9 Å². The highest BCUT2D eigenvalue weighted by Crippen LogP contribution is 2.39. The van der Waals surface area contributed by atoms with Gasteiger partial charge < -0.3 is 20.5 Å². The lowest BCUT2D eigenvalue weighted by atomic mass is 10.2. The highest BCUT2D eigenvalue weighted by Gasteiger charge is 2.25. The Hall–Kier alpha value is -1.92. The number of nitrogens with two attached hydrogens (primary N) is 1. The zero-order valence-corrected chi connectivity index (χ0v) is 20.8. The third-order valence-corrected chi connectivity index (χ3v) is 7.56. The molecule has 0 radical (unpaired) electrons. The number of carbonyl (C=O) groups excluding carboxylic acids is 1. The summed E-state index contributed by atoms with van der Waals surface area (Å²) in [5, 5.41) is 4.28. The van der Waals surface area contributed by atoms with Crippen molar-refractivity contribution in [3.63, 3.8) is 0 Å². The monoisotopic (exact) mass is 551 g/mol. The molecule has 2 aromatic heterocycles. The Morgan fingerprint density at radius 2 is 2.16 bits per heavy atom. The summed E-state index contributed by atoms with van der Waals surface area (Å²) in [4.78, 5) is 28.3. The maximum absolute atomic E-state index is 12.0. The molecule has 0 aliphatic carbocycles. The fraction of sp³-hybridized carbons (Fsp3) is 0.429. The quantitative estimate of drug-likeness (QED) is 0.343. The van der Waals surface area contributed by atoms with Gasteiger partial charge in [-0.05, 0) is 59.7 Å². The van der Waals surface area contributed by atoms with Crippen LogP contribution < -0.4 is 16.0 Å². The van der Waals surface area contributed by atoms with Gasteiger partial charge in [0.1, 0.15) is 6.33 Å². The van der Waals surface area contributed by atoms with Gasteiger partial charge in [-0.2, -0.15) is 0 Å². The van der Waals surface area contributed by atoms with Crippen LogP contribution in [-0.4, -0.2) is 44.6 Å². The van der Waals surface area contributed by atoms with Gasteiger partial charge in [0.2, 0.25) is 5.91 Å². The Balaban J connectivity index is 1.68. The van der Waals surface area contributed by atoms with Crippen molar-refractivity contribution < 1.29 is 4.79 Å². The molecule has 0 bridgehead atoms. The van der Waals surface area contributed by atoms with Crippen molar-refractivity contribution in [2.45, 2.75) is 56.3 Å². The molecule has 4 rings (SSSR count). The average Bonchev–Trinajstić information content (AvgIpc) is 3.27. The topological polar surface area (TPSA) is 102 Å². The second-order valence-electron chi connectivity index (χ2n) is 7.87. The third-order valence-electron chi connectivity index (χ3n) is 5.25. The van der Waals surface area contributed by atoms with E-state index in [2.05, 4.69) is 68.4 Å². The predicted molar refractivity (Wildman–Crippen MR) is 133 cm³/mol. The van der Waals surface area contributed by atoms with Gasteiger partial charge in [-0.3, -0.25) is 4.79 Å². The molecule has 0 unspecified atom stereocenters. The lowest BCUT2D eigenvalue weighted by molar-refractivity contribution is -0.116. The van der Waals surface area contributed by atoms with E-state index >= 15 is 0 Å². The molecule has 0 fully saturated rings. The normalized spacial score (nSPS) is 13.4. The summed E-state index contributed by atoms with van der Waals surface area (Å²) in [6.07, 6.45) is 3.32.